The van der Waals surface area contributed by atoms with Crippen LogP contribution in [0.2, 0.25) is 0 Å². The van der Waals surface area contributed by atoms with Crippen molar-refractivity contribution in [3.63, 3.8) is 0 Å². The smallest absolute Gasteiger partial charge is 0.229 e. The van der Waals surface area contributed by atoms with Gasteiger partial charge in [0.15, 0.2) is 5.58 Å². The Hall–Kier alpha value is -2.56. The summed E-state index contributed by atoms with van der Waals surface area (Å²) in [6.45, 7) is 0. The van der Waals surface area contributed by atoms with Crippen molar-refractivity contribution in [3.8, 4) is 17.2 Å². The third-order valence-corrected chi connectivity index (χ3v) is 2.59. The number of methoxy groups -OCH3 is 1. The first-order valence-corrected chi connectivity index (χ1v) is 5.44. The van der Waals surface area contributed by atoms with E-state index in [2.05, 4.69) is 9.97 Å². The maximum atomic E-state index is 5.62. The number of nitrogens with zero attached hydrogens (tertiary/aromatic N) is 2. The van der Waals surface area contributed by atoms with E-state index >= 15 is 0 Å². The van der Waals surface area contributed by atoms with Crippen LogP contribution in [-0.2, 0) is 0 Å². The van der Waals surface area contributed by atoms with Crippen molar-refractivity contribution in [1.82, 2.24) is 9.97 Å². The zero-order valence-corrected chi connectivity index (χ0v) is 9.75. The van der Waals surface area contributed by atoms with E-state index < -0.39 is 0 Å². The molecule has 1 aromatic carbocycles. The number of nitrogens with two attached hydrogens (primary N) is 1. The topological polar surface area (TPSA) is 74.2 Å². The first-order valence-electron chi connectivity index (χ1n) is 5.44. The molecular weight excluding hydrogens is 230 g/mol. The van der Waals surface area contributed by atoms with Crippen LogP contribution in [0.1, 0.15) is 0 Å². The van der Waals surface area contributed by atoms with Gasteiger partial charge in [0, 0.05) is 5.56 Å². The molecule has 0 unspecified atom stereocenters. The third-order valence-electron chi connectivity index (χ3n) is 2.59. The fraction of sp³-hybridized carbons (Fsp3) is 0.0769. The molecule has 0 atom stereocenters. The van der Waals surface area contributed by atoms with Gasteiger partial charge in [0.25, 0.3) is 0 Å². The molecule has 0 saturated carbocycles. The van der Waals surface area contributed by atoms with Crippen LogP contribution in [0.3, 0.4) is 0 Å². The Morgan fingerprint density at radius 1 is 1.17 bits per heavy atom. The lowest BCUT2D eigenvalue weighted by molar-refractivity contribution is 0.415. The molecule has 0 saturated heterocycles. The second-order valence-electron chi connectivity index (χ2n) is 3.81. The van der Waals surface area contributed by atoms with Crippen molar-refractivity contribution >= 4 is 17.0 Å². The highest BCUT2D eigenvalue weighted by Gasteiger charge is 2.09. The molecule has 0 bridgehead atoms. The standard InChI is InChI=1S/C13H11N3O2/c1-17-9-4-2-3-8(7-9)13-16-12-10(18-13)5-6-11(14)15-12/h2-7H,1H3,(H2,14,15). The summed E-state index contributed by atoms with van der Waals surface area (Å²) in [5.74, 6) is 1.68. The molecule has 2 heterocycles. The van der Waals surface area contributed by atoms with Crippen molar-refractivity contribution in [2.24, 2.45) is 0 Å². The molecule has 2 aromatic heterocycles. The number of hydrogen-bond donors (Lipinski definition) is 1. The monoisotopic (exact) mass is 241 g/mol. The fourth-order valence-corrected chi connectivity index (χ4v) is 1.71. The summed E-state index contributed by atoms with van der Waals surface area (Å²) in [4.78, 5) is 8.41. The largest absolute Gasteiger partial charge is 0.497 e. The minimum Gasteiger partial charge on any atom is -0.497 e. The zero-order valence-electron chi connectivity index (χ0n) is 9.75. The SMILES string of the molecule is COc1cccc(-c2nc3nc(N)ccc3o2)c1. The van der Waals surface area contributed by atoms with E-state index in [1.54, 1.807) is 19.2 Å². The Morgan fingerprint density at radius 3 is 2.89 bits per heavy atom. The van der Waals surface area contributed by atoms with Gasteiger partial charge in [-0.25, -0.2) is 4.98 Å². The van der Waals surface area contributed by atoms with Crippen LogP contribution in [0.4, 0.5) is 5.82 Å². The van der Waals surface area contributed by atoms with Gasteiger partial charge in [-0.05, 0) is 30.3 Å². The number of fused-ring (bicyclic) bond motifs is 1. The van der Waals surface area contributed by atoms with Gasteiger partial charge in [-0.3, -0.25) is 0 Å². The van der Waals surface area contributed by atoms with E-state index in [4.69, 9.17) is 14.9 Å². The number of pyridine rings is 1. The molecular formula is C13H11N3O2. The maximum Gasteiger partial charge on any atom is 0.229 e. The molecule has 3 aromatic rings. The number of hydrogen-bond acceptors (Lipinski definition) is 5. The Bertz CT molecular complexity index is 706. The molecule has 0 aliphatic heterocycles. The second kappa shape index (κ2) is 4.03. The van der Waals surface area contributed by atoms with E-state index in [0.29, 0.717) is 22.9 Å². The quantitative estimate of drug-likeness (QED) is 0.746. The lowest BCUT2D eigenvalue weighted by atomic mass is 10.2. The number of nitrogen functional groups attached to an aromatic ring is 1. The Balaban J connectivity index is 2.13. The van der Waals surface area contributed by atoms with Gasteiger partial charge < -0.3 is 14.9 Å². The van der Waals surface area contributed by atoms with Crippen LogP contribution >= 0.6 is 0 Å². The third kappa shape index (κ3) is 1.75. The van der Waals surface area contributed by atoms with Gasteiger partial charge in [-0.15, -0.1) is 0 Å². The normalized spacial score (nSPS) is 10.7. The molecule has 0 spiro atoms. The summed E-state index contributed by atoms with van der Waals surface area (Å²) in [5.41, 5.74) is 7.56. The molecule has 0 amide bonds. The van der Waals surface area contributed by atoms with Gasteiger partial charge in [0.1, 0.15) is 11.6 Å². The minimum atomic E-state index is 0.424. The van der Waals surface area contributed by atoms with Crippen molar-refractivity contribution in [2.45, 2.75) is 0 Å². The van der Waals surface area contributed by atoms with E-state index in [-0.39, 0.29) is 0 Å². The van der Waals surface area contributed by atoms with Gasteiger partial charge in [-0.2, -0.15) is 4.98 Å². The van der Waals surface area contributed by atoms with E-state index in [9.17, 15) is 0 Å². The second-order valence-corrected chi connectivity index (χ2v) is 3.81. The number of aromatic nitrogens is 2. The maximum absolute atomic E-state index is 5.62. The number of rotatable bonds is 2. The summed E-state index contributed by atoms with van der Waals surface area (Å²) in [6, 6.07) is 10.9. The van der Waals surface area contributed by atoms with Crippen LogP contribution in [0.25, 0.3) is 22.7 Å². The summed E-state index contributed by atoms with van der Waals surface area (Å²) < 4.78 is 10.8. The number of ether oxygens (including phenoxy) is 1. The lowest BCUT2D eigenvalue weighted by Crippen LogP contribution is -1.88. The van der Waals surface area contributed by atoms with E-state index in [1.807, 2.05) is 24.3 Å². The molecule has 0 fully saturated rings. The van der Waals surface area contributed by atoms with Gasteiger partial charge in [0.2, 0.25) is 11.5 Å². The average molecular weight is 241 g/mol. The van der Waals surface area contributed by atoms with Crippen molar-refractivity contribution in [3.05, 3.63) is 36.4 Å². The van der Waals surface area contributed by atoms with Crippen LogP contribution in [0.15, 0.2) is 40.8 Å². The van der Waals surface area contributed by atoms with Crippen LogP contribution < -0.4 is 10.5 Å². The molecule has 5 nitrogen and oxygen atoms in total. The van der Waals surface area contributed by atoms with Crippen molar-refractivity contribution < 1.29 is 9.15 Å². The van der Waals surface area contributed by atoms with Crippen LogP contribution in [-0.4, -0.2) is 17.1 Å². The molecule has 2 N–H and O–H groups in total. The Morgan fingerprint density at radius 2 is 2.06 bits per heavy atom. The Kier molecular flexibility index (Phi) is 2.37. The average Bonchev–Trinajstić information content (AvgIpc) is 2.81. The summed E-state index contributed by atoms with van der Waals surface area (Å²) in [6.07, 6.45) is 0. The van der Waals surface area contributed by atoms with E-state index in [0.717, 1.165) is 11.3 Å². The highest BCUT2D eigenvalue weighted by atomic mass is 16.5. The summed E-state index contributed by atoms with van der Waals surface area (Å²) in [5, 5.41) is 0. The number of anilines is 1. The van der Waals surface area contributed by atoms with E-state index in [1.165, 1.54) is 0 Å². The Labute approximate surface area is 103 Å². The first kappa shape index (κ1) is 10.6. The van der Waals surface area contributed by atoms with Gasteiger partial charge >= 0.3 is 0 Å². The highest BCUT2D eigenvalue weighted by Crippen LogP contribution is 2.26. The number of oxazole rings is 1. The first-order chi connectivity index (χ1) is 8.76. The molecule has 0 aliphatic rings. The number of benzene rings is 1. The summed E-state index contributed by atoms with van der Waals surface area (Å²) >= 11 is 0. The van der Waals surface area contributed by atoms with Crippen LogP contribution in [0.5, 0.6) is 5.75 Å². The molecule has 18 heavy (non-hydrogen) atoms. The highest BCUT2D eigenvalue weighted by molar-refractivity contribution is 5.74. The van der Waals surface area contributed by atoms with Crippen molar-refractivity contribution in [1.29, 1.82) is 0 Å². The molecule has 3 rings (SSSR count). The fourth-order valence-electron chi connectivity index (χ4n) is 1.71. The lowest BCUT2D eigenvalue weighted by Gasteiger charge is -2.00. The predicted octanol–water partition coefficient (Wildman–Crippen LogP) is 2.48. The predicted molar refractivity (Wildman–Crippen MR) is 68.2 cm³/mol. The minimum absolute atomic E-state index is 0.424. The zero-order chi connectivity index (χ0) is 12.5. The van der Waals surface area contributed by atoms with Crippen LogP contribution in [0, 0.1) is 0 Å². The van der Waals surface area contributed by atoms with Gasteiger partial charge in [0.05, 0.1) is 7.11 Å². The molecule has 90 valence electrons. The molecule has 0 aliphatic carbocycles. The van der Waals surface area contributed by atoms with Crippen molar-refractivity contribution in [2.75, 3.05) is 12.8 Å². The molecule has 5 heteroatoms. The van der Waals surface area contributed by atoms with Gasteiger partial charge in [-0.1, -0.05) is 6.07 Å². The molecule has 0 radical (unpaired) electrons. The summed E-state index contributed by atoms with van der Waals surface area (Å²) in [7, 11) is 1.62.